The van der Waals surface area contributed by atoms with E-state index in [9.17, 15) is 8.78 Å². The van der Waals surface area contributed by atoms with E-state index in [4.69, 9.17) is 5.73 Å². The molecule has 1 aliphatic carbocycles. The molecule has 2 aromatic rings. The summed E-state index contributed by atoms with van der Waals surface area (Å²) in [5.41, 5.74) is 7.05. The molecule has 0 atom stereocenters. The number of nitrogens with two attached hydrogens (primary N) is 1. The van der Waals surface area contributed by atoms with E-state index in [-0.39, 0.29) is 0 Å². The minimum Gasteiger partial charge on any atom is -0.383 e. The molecule has 1 heterocycles. The van der Waals surface area contributed by atoms with Gasteiger partial charge >= 0.3 is 0 Å². The number of rotatable bonds is 3. The highest BCUT2D eigenvalue weighted by Gasteiger charge is 2.25. The Morgan fingerprint density at radius 3 is 2.38 bits per heavy atom. The standard InChI is InChI=1S/C16H19F2N3/c1-2-21-15(19)14(11-7-12(17)9-13(18)8-11)20-16(21)10-5-3-4-6-10/h7-10H,2-6,19H2,1H3. The van der Waals surface area contributed by atoms with Crippen molar-refractivity contribution >= 4 is 5.82 Å². The SMILES string of the molecule is CCn1c(C2CCCC2)nc(-c2cc(F)cc(F)c2)c1N. The van der Waals surface area contributed by atoms with E-state index < -0.39 is 11.6 Å². The average molecular weight is 291 g/mol. The van der Waals surface area contributed by atoms with Crippen LogP contribution in [0.2, 0.25) is 0 Å². The molecule has 112 valence electrons. The number of nitrogens with zero attached hydrogens (tertiary/aromatic N) is 2. The predicted octanol–water partition coefficient (Wildman–Crippen LogP) is 4.09. The number of halogens is 2. The molecule has 21 heavy (non-hydrogen) atoms. The van der Waals surface area contributed by atoms with Crippen LogP contribution in [0.15, 0.2) is 18.2 Å². The summed E-state index contributed by atoms with van der Waals surface area (Å²) in [5, 5.41) is 0. The highest BCUT2D eigenvalue weighted by Crippen LogP contribution is 2.37. The second-order valence-electron chi connectivity index (χ2n) is 5.59. The Morgan fingerprint density at radius 1 is 1.19 bits per heavy atom. The summed E-state index contributed by atoms with van der Waals surface area (Å²) in [6.45, 7) is 2.72. The molecule has 3 rings (SSSR count). The first-order chi connectivity index (χ1) is 10.1. The van der Waals surface area contributed by atoms with Gasteiger partial charge in [0.25, 0.3) is 0 Å². The van der Waals surface area contributed by atoms with E-state index in [1.807, 2.05) is 11.5 Å². The van der Waals surface area contributed by atoms with E-state index in [2.05, 4.69) is 4.98 Å². The fourth-order valence-corrected chi connectivity index (χ4v) is 3.21. The average Bonchev–Trinajstić information content (AvgIpc) is 3.04. The van der Waals surface area contributed by atoms with Crippen LogP contribution < -0.4 is 5.73 Å². The van der Waals surface area contributed by atoms with Crippen LogP contribution in [0.5, 0.6) is 0 Å². The van der Waals surface area contributed by atoms with Crippen LogP contribution in [-0.4, -0.2) is 9.55 Å². The third kappa shape index (κ3) is 2.52. The molecule has 0 saturated heterocycles. The Morgan fingerprint density at radius 2 is 1.81 bits per heavy atom. The summed E-state index contributed by atoms with van der Waals surface area (Å²) in [5.74, 6) is 0.617. The third-order valence-corrected chi connectivity index (χ3v) is 4.21. The summed E-state index contributed by atoms with van der Waals surface area (Å²) in [4.78, 5) is 4.62. The van der Waals surface area contributed by atoms with Gasteiger partial charge in [0.05, 0.1) is 0 Å². The van der Waals surface area contributed by atoms with Gasteiger partial charge in [-0.2, -0.15) is 0 Å². The number of aromatic nitrogens is 2. The molecule has 1 aromatic heterocycles. The zero-order chi connectivity index (χ0) is 15.0. The monoisotopic (exact) mass is 291 g/mol. The zero-order valence-corrected chi connectivity index (χ0v) is 12.1. The number of nitrogen functional groups attached to an aromatic ring is 1. The van der Waals surface area contributed by atoms with Crippen molar-refractivity contribution in [3.63, 3.8) is 0 Å². The van der Waals surface area contributed by atoms with E-state index in [0.717, 1.165) is 24.7 Å². The number of imidazole rings is 1. The molecule has 3 nitrogen and oxygen atoms in total. The third-order valence-electron chi connectivity index (χ3n) is 4.21. The van der Waals surface area contributed by atoms with Gasteiger partial charge in [0, 0.05) is 24.1 Å². The number of benzene rings is 1. The molecule has 0 aliphatic heterocycles. The van der Waals surface area contributed by atoms with Gasteiger partial charge < -0.3 is 10.3 Å². The largest absolute Gasteiger partial charge is 0.383 e. The van der Waals surface area contributed by atoms with Gasteiger partial charge in [-0.25, -0.2) is 13.8 Å². The molecular formula is C16H19F2N3. The van der Waals surface area contributed by atoms with Crippen LogP contribution in [0.4, 0.5) is 14.6 Å². The lowest BCUT2D eigenvalue weighted by Gasteiger charge is -2.11. The lowest BCUT2D eigenvalue weighted by Crippen LogP contribution is -2.08. The summed E-state index contributed by atoms with van der Waals surface area (Å²) in [7, 11) is 0. The summed E-state index contributed by atoms with van der Waals surface area (Å²) in [6, 6.07) is 3.41. The lowest BCUT2D eigenvalue weighted by atomic mass is 10.1. The van der Waals surface area contributed by atoms with Crippen molar-refractivity contribution in [2.24, 2.45) is 0 Å². The summed E-state index contributed by atoms with van der Waals surface area (Å²) < 4.78 is 28.8. The summed E-state index contributed by atoms with van der Waals surface area (Å²) >= 11 is 0. The first kappa shape index (κ1) is 14.0. The van der Waals surface area contributed by atoms with Gasteiger partial charge in [0.15, 0.2) is 0 Å². The first-order valence-electron chi connectivity index (χ1n) is 7.42. The highest BCUT2D eigenvalue weighted by molar-refractivity contribution is 5.71. The van der Waals surface area contributed by atoms with E-state index in [1.165, 1.54) is 25.0 Å². The Hall–Kier alpha value is -1.91. The van der Waals surface area contributed by atoms with Crippen molar-refractivity contribution in [1.29, 1.82) is 0 Å². The molecule has 0 unspecified atom stereocenters. The van der Waals surface area contributed by atoms with Gasteiger partial charge in [-0.15, -0.1) is 0 Å². The lowest BCUT2D eigenvalue weighted by molar-refractivity contribution is 0.584. The zero-order valence-electron chi connectivity index (χ0n) is 12.1. The maximum Gasteiger partial charge on any atom is 0.131 e. The van der Waals surface area contributed by atoms with Crippen LogP contribution in [0.1, 0.15) is 44.3 Å². The topological polar surface area (TPSA) is 43.8 Å². The van der Waals surface area contributed by atoms with Crippen molar-refractivity contribution in [3.8, 4) is 11.3 Å². The second-order valence-corrected chi connectivity index (χ2v) is 5.59. The molecule has 0 spiro atoms. The van der Waals surface area contributed by atoms with Crippen LogP contribution in [0, 0.1) is 11.6 Å². The maximum absolute atomic E-state index is 13.4. The second kappa shape index (κ2) is 5.47. The molecule has 1 aliphatic rings. The maximum atomic E-state index is 13.4. The van der Waals surface area contributed by atoms with Crippen molar-refractivity contribution in [2.45, 2.75) is 45.1 Å². The van der Waals surface area contributed by atoms with Crippen LogP contribution in [0.25, 0.3) is 11.3 Å². The molecule has 1 fully saturated rings. The predicted molar refractivity (Wildman–Crippen MR) is 78.9 cm³/mol. The quantitative estimate of drug-likeness (QED) is 0.925. The number of hydrogen-bond acceptors (Lipinski definition) is 2. The summed E-state index contributed by atoms with van der Waals surface area (Å²) in [6.07, 6.45) is 4.61. The van der Waals surface area contributed by atoms with Crippen LogP contribution in [-0.2, 0) is 6.54 Å². The molecule has 2 N–H and O–H groups in total. The molecule has 0 amide bonds. The Balaban J connectivity index is 2.10. The number of anilines is 1. The van der Waals surface area contributed by atoms with Gasteiger partial charge in [-0.1, -0.05) is 12.8 Å². The molecular weight excluding hydrogens is 272 g/mol. The van der Waals surface area contributed by atoms with Gasteiger partial charge in [-0.05, 0) is 31.9 Å². The first-order valence-corrected chi connectivity index (χ1v) is 7.42. The normalized spacial score (nSPS) is 15.8. The van der Waals surface area contributed by atoms with Gasteiger partial charge in [-0.3, -0.25) is 0 Å². The van der Waals surface area contributed by atoms with Crippen molar-refractivity contribution in [2.75, 3.05) is 5.73 Å². The van der Waals surface area contributed by atoms with E-state index in [0.29, 0.717) is 29.5 Å². The Bertz CT molecular complexity index is 638. The molecule has 1 aromatic carbocycles. The molecule has 0 bridgehead atoms. The fourth-order valence-electron chi connectivity index (χ4n) is 3.21. The molecule has 1 saturated carbocycles. The highest BCUT2D eigenvalue weighted by atomic mass is 19.1. The van der Waals surface area contributed by atoms with Crippen LogP contribution in [0.3, 0.4) is 0 Å². The Labute approximate surface area is 122 Å². The van der Waals surface area contributed by atoms with Gasteiger partial charge in [0.2, 0.25) is 0 Å². The van der Waals surface area contributed by atoms with Crippen molar-refractivity contribution < 1.29 is 8.78 Å². The minimum absolute atomic E-state index is 0.399. The van der Waals surface area contributed by atoms with Crippen molar-refractivity contribution in [1.82, 2.24) is 9.55 Å². The minimum atomic E-state index is -0.613. The molecule has 0 radical (unpaired) electrons. The fraction of sp³-hybridized carbons (Fsp3) is 0.438. The van der Waals surface area contributed by atoms with Crippen molar-refractivity contribution in [3.05, 3.63) is 35.7 Å². The molecule has 5 heteroatoms. The Kier molecular flexibility index (Phi) is 3.66. The van der Waals surface area contributed by atoms with E-state index in [1.54, 1.807) is 0 Å². The van der Waals surface area contributed by atoms with Gasteiger partial charge in [0.1, 0.15) is 29.0 Å². The van der Waals surface area contributed by atoms with Crippen LogP contribution >= 0.6 is 0 Å². The number of hydrogen-bond donors (Lipinski definition) is 1. The van der Waals surface area contributed by atoms with E-state index >= 15 is 0 Å². The smallest absolute Gasteiger partial charge is 0.131 e.